The molecule has 0 saturated heterocycles. The molecule has 0 unspecified atom stereocenters. The van der Waals surface area contributed by atoms with Gasteiger partial charge in [0.05, 0.1) is 12.1 Å². The molecule has 2 rings (SSSR count). The van der Waals surface area contributed by atoms with E-state index in [-0.39, 0.29) is 17.9 Å². The molecule has 0 aliphatic carbocycles. The molecule has 0 fully saturated rings. The Morgan fingerprint density at radius 1 is 1.08 bits per heavy atom. The molecule has 1 amide bonds. The minimum atomic E-state index is -3.01. The SMILES string of the molecule is O=C(COC(=O)Cc1ccc(Br)cc1)Nc1ccccc1OC(F)F. The third-order valence-corrected chi connectivity index (χ3v) is 3.53. The summed E-state index contributed by atoms with van der Waals surface area (Å²) >= 11 is 3.29. The van der Waals surface area contributed by atoms with Gasteiger partial charge in [-0.2, -0.15) is 8.78 Å². The molecule has 0 saturated carbocycles. The molecule has 0 atom stereocenters. The van der Waals surface area contributed by atoms with Crippen molar-refractivity contribution >= 4 is 33.5 Å². The number of hydrogen-bond acceptors (Lipinski definition) is 4. The number of nitrogens with one attached hydrogen (secondary N) is 1. The van der Waals surface area contributed by atoms with Crippen molar-refractivity contribution in [2.75, 3.05) is 11.9 Å². The van der Waals surface area contributed by atoms with Crippen molar-refractivity contribution in [1.82, 2.24) is 0 Å². The van der Waals surface area contributed by atoms with E-state index in [2.05, 4.69) is 26.0 Å². The number of amides is 1. The summed E-state index contributed by atoms with van der Waals surface area (Å²) in [5.74, 6) is -1.41. The monoisotopic (exact) mass is 413 g/mol. The van der Waals surface area contributed by atoms with Gasteiger partial charge in [0.15, 0.2) is 6.61 Å². The first-order valence-corrected chi connectivity index (χ1v) is 7.97. The van der Waals surface area contributed by atoms with Crippen LogP contribution in [-0.4, -0.2) is 25.1 Å². The fourth-order valence-corrected chi connectivity index (χ4v) is 2.19. The average molecular weight is 414 g/mol. The minimum absolute atomic E-state index is 0.0195. The molecular formula is C17H14BrF2NO4. The number of alkyl halides is 2. The zero-order valence-corrected chi connectivity index (χ0v) is 14.5. The number of para-hydroxylation sites is 2. The second kappa shape index (κ2) is 9.12. The van der Waals surface area contributed by atoms with E-state index < -0.39 is 25.1 Å². The number of benzene rings is 2. The maximum Gasteiger partial charge on any atom is 0.387 e. The van der Waals surface area contributed by atoms with Gasteiger partial charge < -0.3 is 14.8 Å². The van der Waals surface area contributed by atoms with Crippen LogP contribution in [0, 0.1) is 0 Å². The molecule has 2 aromatic rings. The van der Waals surface area contributed by atoms with Gasteiger partial charge in [-0.15, -0.1) is 0 Å². The number of halogens is 3. The van der Waals surface area contributed by atoms with Crippen LogP contribution in [-0.2, 0) is 20.7 Å². The lowest BCUT2D eigenvalue weighted by Gasteiger charge is -2.11. The van der Waals surface area contributed by atoms with Crippen molar-refractivity contribution < 1.29 is 27.8 Å². The van der Waals surface area contributed by atoms with Crippen molar-refractivity contribution in [2.45, 2.75) is 13.0 Å². The first kappa shape index (κ1) is 18.9. The Hall–Kier alpha value is -2.48. The molecule has 1 N–H and O–H groups in total. The third-order valence-electron chi connectivity index (χ3n) is 3.00. The van der Waals surface area contributed by atoms with E-state index in [0.717, 1.165) is 10.0 Å². The van der Waals surface area contributed by atoms with Crippen LogP contribution >= 0.6 is 15.9 Å². The summed E-state index contributed by atoms with van der Waals surface area (Å²) in [6.45, 7) is -3.54. The summed E-state index contributed by atoms with van der Waals surface area (Å²) in [7, 11) is 0. The Morgan fingerprint density at radius 3 is 2.44 bits per heavy atom. The predicted octanol–water partition coefficient (Wildman–Crippen LogP) is 3.77. The van der Waals surface area contributed by atoms with Crippen LogP contribution in [0.5, 0.6) is 5.75 Å². The standard InChI is InChI=1S/C17H14BrF2NO4/c18-12-7-5-11(6-8-12)9-16(23)24-10-15(22)21-13-3-1-2-4-14(13)25-17(19)20/h1-8,17H,9-10H2,(H,21,22). The summed E-state index contributed by atoms with van der Waals surface area (Å²) in [4.78, 5) is 23.5. The second-order valence-corrected chi connectivity index (χ2v) is 5.80. The van der Waals surface area contributed by atoms with Gasteiger partial charge in [0.25, 0.3) is 5.91 Å². The molecule has 0 aliphatic rings. The summed E-state index contributed by atoms with van der Waals surface area (Å²) in [5, 5.41) is 2.36. The van der Waals surface area contributed by atoms with Gasteiger partial charge in [-0.05, 0) is 29.8 Å². The molecule has 0 spiro atoms. The highest BCUT2D eigenvalue weighted by Gasteiger charge is 2.13. The van der Waals surface area contributed by atoms with Gasteiger partial charge in [-0.25, -0.2) is 0 Å². The van der Waals surface area contributed by atoms with Crippen LogP contribution in [0.25, 0.3) is 0 Å². The highest BCUT2D eigenvalue weighted by Crippen LogP contribution is 2.25. The topological polar surface area (TPSA) is 64.6 Å². The number of ether oxygens (including phenoxy) is 2. The van der Waals surface area contributed by atoms with Gasteiger partial charge in [-0.1, -0.05) is 40.2 Å². The summed E-state index contributed by atoms with van der Waals surface area (Å²) in [6, 6.07) is 12.8. The molecule has 132 valence electrons. The quantitative estimate of drug-likeness (QED) is 0.701. The number of carbonyl (C=O) groups is 2. The van der Waals surface area contributed by atoms with Crippen molar-refractivity contribution in [3.05, 3.63) is 58.6 Å². The molecule has 8 heteroatoms. The molecule has 0 heterocycles. The van der Waals surface area contributed by atoms with Gasteiger partial charge in [-0.3, -0.25) is 9.59 Å². The Kier molecular flexibility index (Phi) is 6.88. The van der Waals surface area contributed by atoms with E-state index in [0.29, 0.717) is 0 Å². The fourth-order valence-electron chi connectivity index (χ4n) is 1.92. The highest BCUT2D eigenvalue weighted by atomic mass is 79.9. The lowest BCUT2D eigenvalue weighted by atomic mass is 10.2. The smallest absolute Gasteiger partial charge is 0.387 e. The maximum absolute atomic E-state index is 12.3. The zero-order chi connectivity index (χ0) is 18.2. The number of rotatable bonds is 7. The normalized spacial score (nSPS) is 10.4. The van der Waals surface area contributed by atoms with Crippen LogP contribution in [0.2, 0.25) is 0 Å². The number of carbonyl (C=O) groups excluding carboxylic acids is 2. The molecule has 0 bridgehead atoms. The molecule has 5 nitrogen and oxygen atoms in total. The van der Waals surface area contributed by atoms with Gasteiger partial charge in [0.2, 0.25) is 0 Å². The molecule has 0 aromatic heterocycles. The number of anilines is 1. The van der Waals surface area contributed by atoms with Crippen LogP contribution in [0.4, 0.5) is 14.5 Å². The number of hydrogen-bond donors (Lipinski definition) is 1. The highest BCUT2D eigenvalue weighted by molar-refractivity contribution is 9.10. The summed E-state index contributed by atoms with van der Waals surface area (Å²) in [6.07, 6.45) is 0.0195. The zero-order valence-electron chi connectivity index (χ0n) is 12.9. The van der Waals surface area contributed by atoms with Crippen molar-refractivity contribution in [2.24, 2.45) is 0 Å². The van der Waals surface area contributed by atoms with Crippen LogP contribution in [0.3, 0.4) is 0 Å². The van der Waals surface area contributed by atoms with E-state index in [1.165, 1.54) is 18.2 Å². The Labute approximate surface area is 151 Å². The molecule has 0 aliphatic heterocycles. The Balaban J connectivity index is 1.84. The third kappa shape index (κ3) is 6.50. The first-order valence-electron chi connectivity index (χ1n) is 7.18. The lowest BCUT2D eigenvalue weighted by molar-refractivity contribution is -0.146. The summed E-state index contributed by atoms with van der Waals surface area (Å²) in [5.41, 5.74) is 0.807. The predicted molar refractivity (Wildman–Crippen MR) is 90.5 cm³/mol. The van der Waals surface area contributed by atoms with Gasteiger partial charge in [0.1, 0.15) is 5.75 Å². The van der Waals surface area contributed by atoms with Crippen LogP contribution < -0.4 is 10.1 Å². The Morgan fingerprint density at radius 2 is 1.76 bits per heavy atom. The first-order chi connectivity index (χ1) is 11.9. The second-order valence-electron chi connectivity index (χ2n) is 4.89. The molecule has 25 heavy (non-hydrogen) atoms. The minimum Gasteiger partial charge on any atom is -0.455 e. The fraction of sp³-hybridized carbons (Fsp3) is 0.176. The number of esters is 1. The molecular weight excluding hydrogens is 400 g/mol. The maximum atomic E-state index is 12.3. The van der Waals surface area contributed by atoms with E-state index >= 15 is 0 Å². The van der Waals surface area contributed by atoms with Gasteiger partial charge in [0, 0.05) is 4.47 Å². The average Bonchev–Trinajstić information content (AvgIpc) is 2.56. The summed E-state index contributed by atoms with van der Waals surface area (Å²) < 4.78 is 34.7. The van der Waals surface area contributed by atoms with Crippen LogP contribution in [0.1, 0.15) is 5.56 Å². The largest absolute Gasteiger partial charge is 0.455 e. The molecule has 2 aromatic carbocycles. The van der Waals surface area contributed by atoms with Crippen molar-refractivity contribution in [3.63, 3.8) is 0 Å². The van der Waals surface area contributed by atoms with E-state index in [4.69, 9.17) is 4.74 Å². The lowest BCUT2D eigenvalue weighted by Crippen LogP contribution is -2.22. The van der Waals surface area contributed by atoms with Crippen molar-refractivity contribution in [3.8, 4) is 5.75 Å². The molecule has 0 radical (unpaired) electrons. The Bertz CT molecular complexity index is 738. The van der Waals surface area contributed by atoms with E-state index in [9.17, 15) is 18.4 Å². The van der Waals surface area contributed by atoms with Crippen molar-refractivity contribution in [1.29, 1.82) is 0 Å². The van der Waals surface area contributed by atoms with E-state index in [1.54, 1.807) is 30.3 Å². The van der Waals surface area contributed by atoms with Gasteiger partial charge >= 0.3 is 12.6 Å². The van der Waals surface area contributed by atoms with Crippen LogP contribution in [0.15, 0.2) is 53.0 Å². The van der Waals surface area contributed by atoms with E-state index in [1.807, 2.05) is 0 Å².